The molecular formula is C24H21N5O2. The Balaban J connectivity index is 1.49. The van der Waals surface area contributed by atoms with Gasteiger partial charge < -0.3 is 15.0 Å². The number of aromatic nitrogens is 4. The standard InChI is InChI=1S/C24H21N5O2/c1-15-3-2-4-21(25-15)24(31)26-18-6-7-20-19(14-18)23(28-27-20)17-5-8-22-16(13-17)9-10-29(22)11-12-30/h2-10,13-14,30H,11-12H2,1H3,(H,26,31)(H,27,28). The molecule has 0 bridgehead atoms. The van der Waals surface area contributed by atoms with Crippen LogP contribution in [0.25, 0.3) is 33.1 Å². The number of nitrogens with one attached hydrogen (secondary N) is 2. The van der Waals surface area contributed by atoms with Gasteiger partial charge in [-0.3, -0.25) is 9.89 Å². The van der Waals surface area contributed by atoms with E-state index in [1.54, 1.807) is 6.07 Å². The van der Waals surface area contributed by atoms with Crippen LogP contribution in [0, 0.1) is 6.92 Å². The minimum atomic E-state index is -0.250. The average Bonchev–Trinajstić information content (AvgIpc) is 3.37. The Morgan fingerprint density at radius 1 is 1.13 bits per heavy atom. The van der Waals surface area contributed by atoms with Gasteiger partial charge in [-0.1, -0.05) is 12.1 Å². The van der Waals surface area contributed by atoms with Crippen molar-refractivity contribution < 1.29 is 9.90 Å². The van der Waals surface area contributed by atoms with E-state index < -0.39 is 0 Å². The lowest BCUT2D eigenvalue weighted by molar-refractivity contribution is 0.102. The van der Waals surface area contributed by atoms with E-state index in [-0.39, 0.29) is 12.5 Å². The summed E-state index contributed by atoms with van der Waals surface area (Å²) in [6, 6.07) is 19.2. The van der Waals surface area contributed by atoms with E-state index in [1.165, 1.54) is 0 Å². The topological polar surface area (TPSA) is 95.8 Å². The van der Waals surface area contributed by atoms with Crippen molar-refractivity contribution in [1.82, 2.24) is 19.7 Å². The Morgan fingerprint density at radius 2 is 2.03 bits per heavy atom. The minimum Gasteiger partial charge on any atom is -0.395 e. The van der Waals surface area contributed by atoms with Crippen molar-refractivity contribution >= 4 is 33.4 Å². The van der Waals surface area contributed by atoms with Gasteiger partial charge in [0.2, 0.25) is 0 Å². The number of aliphatic hydroxyl groups is 1. The first-order valence-corrected chi connectivity index (χ1v) is 10.1. The lowest BCUT2D eigenvalue weighted by atomic mass is 10.1. The molecule has 0 saturated heterocycles. The molecule has 2 aromatic carbocycles. The number of nitrogens with zero attached hydrogens (tertiary/aromatic N) is 3. The number of carbonyl (C=O) groups excluding carboxylic acids is 1. The summed E-state index contributed by atoms with van der Waals surface area (Å²) in [7, 11) is 0. The van der Waals surface area contributed by atoms with Gasteiger partial charge in [0, 0.05) is 46.0 Å². The summed E-state index contributed by atoms with van der Waals surface area (Å²) in [6.45, 7) is 2.52. The van der Waals surface area contributed by atoms with Crippen LogP contribution in [0.2, 0.25) is 0 Å². The van der Waals surface area contributed by atoms with Crippen LogP contribution in [-0.2, 0) is 6.54 Å². The molecule has 3 aromatic heterocycles. The van der Waals surface area contributed by atoms with Gasteiger partial charge in [-0.25, -0.2) is 4.98 Å². The molecule has 0 aliphatic heterocycles. The summed E-state index contributed by atoms with van der Waals surface area (Å²) in [4.78, 5) is 16.9. The van der Waals surface area contributed by atoms with Crippen molar-refractivity contribution in [2.75, 3.05) is 11.9 Å². The monoisotopic (exact) mass is 411 g/mol. The van der Waals surface area contributed by atoms with Gasteiger partial charge in [-0.2, -0.15) is 5.10 Å². The molecule has 0 unspecified atom stereocenters. The predicted octanol–water partition coefficient (Wildman–Crippen LogP) is 4.13. The van der Waals surface area contributed by atoms with Crippen LogP contribution in [-0.4, -0.2) is 37.4 Å². The van der Waals surface area contributed by atoms with E-state index in [4.69, 9.17) is 0 Å². The Hall–Kier alpha value is -3.97. The van der Waals surface area contributed by atoms with Crippen molar-refractivity contribution in [2.45, 2.75) is 13.5 Å². The number of anilines is 1. The lowest BCUT2D eigenvalue weighted by Gasteiger charge is -2.06. The zero-order valence-electron chi connectivity index (χ0n) is 17.0. The molecule has 0 atom stereocenters. The Kier molecular flexibility index (Phi) is 4.72. The maximum atomic E-state index is 12.6. The van der Waals surface area contributed by atoms with Crippen LogP contribution in [0.15, 0.2) is 66.9 Å². The minimum absolute atomic E-state index is 0.0993. The van der Waals surface area contributed by atoms with E-state index in [2.05, 4.69) is 26.6 Å². The average molecular weight is 411 g/mol. The molecule has 5 aromatic rings. The SMILES string of the molecule is Cc1cccc(C(=O)Nc2ccc3[nH]nc(-c4ccc5c(ccn5CCO)c4)c3c2)n1. The van der Waals surface area contributed by atoms with Crippen molar-refractivity contribution in [2.24, 2.45) is 0 Å². The van der Waals surface area contributed by atoms with Crippen LogP contribution in [0.4, 0.5) is 5.69 Å². The van der Waals surface area contributed by atoms with Crippen molar-refractivity contribution in [3.8, 4) is 11.3 Å². The second-order valence-corrected chi connectivity index (χ2v) is 7.46. The largest absolute Gasteiger partial charge is 0.395 e. The Labute approximate surface area is 178 Å². The molecular weight excluding hydrogens is 390 g/mol. The van der Waals surface area contributed by atoms with Crippen LogP contribution in [0.1, 0.15) is 16.2 Å². The highest BCUT2D eigenvalue weighted by atomic mass is 16.3. The van der Waals surface area contributed by atoms with Gasteiger partial charge in [-0.15, -0.1) is 0 Å². The Morgan fingerprint density at radius 3 is 2.87 bits per heavy atom. The van der Waals surface area contributed by atoms with Gasteiger partial charge in [0.15, 0.2) is 0 Å². The van der Waals surface area contributed by atoms with E-state index in [9.17, 15) is 9.90 Å². The van der Waals surface area contributed by atoms with E-state index in [1.807, 2.05) is 66.2 Å². The fourth-order valence-corrected chi connectivity index (χ4v) is 3.83. The molecule has 5 rings (SSSR count). The molecule has 3 N–H and O–H groups in total. The number of hydrogen-bond donors (Lipinski definition) is 3. The first kappa shape index (κ1) is 19.0. The number of aryl methyl sites for hydroxylation is 1. The summed E-state index contributed by atoms with van der Waals surface area (Å²) in [5, 5.41) is 21.7. The van der Waals surface area contributed by atoms with Crippen LogP contribution >= 0.6 is 0 Å². The zero-order chi connectivity index (χ0) is 21.4. The summed E-state index contributed by atoms with van der Waals surface area (Å²) < 4.78 is 2.02. The van der Waals surface area contributed by atoms with Crippen molar-refractivity contribution in [3.05, 3.63) is 78.2 Å². The van der Waals surface area contributed by atoms with E-state index >= 15 is 0 Å². The molecule has 7 heteroatoms. The number of aromatic amines is 1. The number of rotatable bonds is 5. The first-order valence-electron chi connectivity index (χ1n) is 10.1. The molecule has 3 heterocycles. The van der Waals surface area contributed by atoms with Crippen LogP contribution < -0.4 is 5.32 Å². The zero-order valence-corrected chi connectivity index (χ0v) is 17.0. The third-order valence-electron chi connectivity index (χ3n) is 5.33. The number of hydrogen-bond acceptors (Lipinski definition) is 4. The Bertz CT molecular complexity index is 1420. The highest BCUT2D eigenvalue weighted by Crippen LogP contribution is 2.31. The van der Waals surface area contributed by atoms with Crippen molar-refractivity contribution in [1.29, 1.82) is 0 Å². The quantitative estimate of drug-likeness (QED) is 0.405. The molecule has 154 valence electrons. The maximum Gasteiger partial charge on any atom is 0.274 e. The highest BCUT2D eigenvalue weighted by molar-refractivity contribution is 6.05. The molecule has 0 radical (unpaired) electrons. The highest BCUT2D eigenvalue weighted by Gasteiger charge is 2.13. The molecule has 1 amide bonds. The fourth-order valence-electron chi connectivity index (χ4n) is 3.83. The molecule has 7 nitrogen and oxygen atoms in total. The van der Waals surface area contributed by atoms with Gasteiger partial charge in [0.1, 0.15) is 5.69 Å². The summed E-state index contributed by atoms with van der Waals surface area (Å²) in [5.74, 6) is -0.250. The number of aliphatic hydroxyl groups excluding tert-OH is 1. The van der Waals surface area contributed by atoms with E-state index in [0.29, 0.717) is 17.9 Å². The number of fused-ring (bicyclic) bond motifs is 2. The number of pyridine rings is 1. The van der Waals surface area contributed by atoms with Crippen molar-refractivity contribution in [3.63, 3.8) is 0 Å². The molecule has 0 spiro atoms. The molecule has 0 aliphatic carbocycles. The smallest absolute Gasteiger partial charge is 0.274 e. The number of benzene rings is 2. The molecule has 31 heavy (non-hydrogen) atoms. The second-order valence-electron chi connectivity index (χ2n) is 7.46. The third kappa shape index (κ3) is 3.55. The number of amides is 1. The summed E-state index contributed by atoms with van der Waals surface area (Å²) in [5.41, 5.74) is 5.60. The van der Waals surface area contributed by atoms with Crippen LogP contribution in [0.3, 0.4) is 0 Å². The molecule has 0 aliphatic rings. The molecule has 0 saturated carbocycles. The maximum absolute atomic E-state index is 12.6. The third-order valence-corrected chi connectivity index (χ3v) is 5.33. The van der Waals surface area contributed by atoms with Gasteiger partial charge >= 0.3 is 0 Å². The second kappa shape index (κ2) is 7.70. The lowest BCUT2D eigenvalue weighted by Crippen LogP contribution is -2.13. The fraction of sp³-hybridized carbons (Fsp3) is 0.125. The van der Waals surface area contributed by atoms with Gasteiger partial charge in [0.25, 0.3) is 5.91 Å². The molecule has 0 fully saturated rings. The first-order chi connectivity index (χ1) is 15.1. The normalized spacial score (nSPS) is 11.3. The number of H-pyrrole nitrogens is 1. The van der Waals surface area contributed by atoms with Gasteiger partial charge in [0.05, 0.1) is 17.8 Å². The van der Waals surface area contributed by atoms with Crippen LogP contribution in [0.5, 0.6) is 0 Å². The number of carbonyl (C=O) groups is 1. The van der Waals surface area contributed by atoms with Gasteiger partial charge in [-0.05, 0) is 55.5 Å². The predicted molar refractivity (Wildman–Crippen MR) is 121 cm³/mol. The van der Waals surface area contributed by atoms with E-state index in [0.717, 1.165) is 38.8 Å². The summed E-state index contributed by atoms with van der Waals surface area (Å²) in [6.07, 6.45) is 1.97. The summed E-state index contributed by atoms with van der Waals surface area (Å²) >= 11 is 0.